The van der Waals surface area contributed by atoms with Crippen LogP contribution in [0.2, 0.25) is 0 Å². The molecule has 1 saturated carbocycles. The topological polar surface area (TPSA) is 90.1 Å². The Morgan fingerprint density at radius 3 is 2.86 bits per heavy atom. The van der Waals surface area contributed by atoms with E-state index in [9.17, 15) is 14.3 Å². The highest BCUT2D eigenvalue weighted by Gasteiger charge is 2.30. The summed E-state index contributed by atoms with van der Waals surface area (Å²) in [5, 5.41) is 18.7. The monoisotopic (exact) mass is 314 g/mol. The minimum atomic E-state index is -0.803. The van der Waals surface area contributed by atoms with Gasteiger partial charge in [0.05, 0.1) is 4.92 Å². The first-order valence-electron chi connectivity index (χ1n) is 7.25. The van der Waals surface area contributed by atoms with Gasteiger partial charge in [0.25, 0.3) is 0 Å². The number of aromatic nitrogens is 2. The predicted molar refractivity (Wildman–Crippen MR) is 82.9 cm³/mol. The SMILES string of the molecule is CCS(=O)C1CCCC(Nc2c([N+](=O)[O-])c(C)nn2C)C1. The van der Waals surface area contributed by atoms with Gasteiger partial charge in [-0.1, -0.05) is 13.3 Å². The molecular formula is C13H22N4O3S. The number of nitro groups is 1. The van der Waals surface area contributed by atoms with E-state index in [1.54, 1.807) is 14.0 Å². The fourth-order valence-electron chi connectivity index (χ4n) is 2.97. The summed E-state index contributed by atoms with van der Waals surface area (Å²) in [5.41, 5.74) is 0.450. The highest BCUT2D eigenvalue weighted by atomic mass is 32.2. The van der Waals surface area contributed by atoms with E-state index in [2.05, 4.69) is 10.4 Å². The fourth-order valence-corrected chi connectivity index (χ4v) is 4.32. The van der Waals surface area contributed by atoms with Gasteiger partial charge in [0.1, 0.15) is 5.69 Å². The lowest BCUT2D eigenvalue weighted by Gasteiger charge is -2.29. The summed E-state index contributed by atoms with van der Waals surface area (Å²) in [7, 11) is 0.899. The molecule has 0 aliphatic heterocycles. The molecule has 7 nitrogen and oxygen atoms in total. The molecule has 0 amide bonds. The van der Waals surface area contributed by atoms with E-state index >= 15 is 0 Å². The molecule has 0 spiro atoms. The number of anilines is 1. The predicted octanol–water partition coefficient (Wildman–Crippen LogP) is 2.13. The smallest absolute Gasteiger partial charge is 0.333 e. The molecule has 1 fully saturated rings. The van der Waals surface area contributed by atoms with Crippen LogP contribution in [0.15, 0.2) is 0 Å². The molecule has 0 bridgehead atoms. The second kappa shape index (κ2) is 6.55. The van der Waals surface area contributed by atoms with E-state index < -0.39 is 15.7 Å². The standard InChI is InChI=1S/C13H22N4O3S/c1-4-21(20)11-7-5-6-10(8-11)14-13-12(17(18)19)9(2)15-16(13)3/h10-11,14H,4-8H2,1-3H3. The maximum atomic E-state index is 12.0. The molecule has 0 aromatic carbocycles. The molecule has 3 unspecified atom stereocenters. The van der Waals surface area contributed by atoms with Gasteiger partial charge in [-0.15, -0.1) is 0 Å². The van der Waals surface area contributed by atoms with E-state index in [1.807, 2.05) is 6.92 Å². The van der Waals surface area contributed by atoms with Crippen LogP contribution in [0.5, 0.6) is 0 Å². The van der Waals surface area contributed by atoms with Crippen LogP contribution in [0.1, 0.15) is 38.3 Å². The molecule has 1 aliphatic carbocycles. The Labute approximate surface area is 126 Å². The van der Waals surface area contributed by atoms with Crippen molar-refractivity contribution in [2.75, 3.05) is 11.1 Å². The van der Waals surface area contributed by atoms with Crippen LogP contribution in [-0.2, 0) is 17.8 Å². The van der Waals surface area contributed by atoms with Crippen LogP contribution in [-0.4, -0.2) is 36.0 Å². The molecule has 118 valence electrons. The van der Waals surface area contributed by atoms with Gasteiger partial charge in [0.2, 0.25) is 5.82 Å². The molecule has 0 radical (unpaired) electrons. The first-order chi connectivity index (χ1) is 9.93. The molecule has 2 rings (SSSR count). The minimum Gasteiger partial charge on any atom is -0.362 e. The highest BCUT2D eigenvalue weighted by molar-refractivity contribution is 7.85. The number of nitrogens with zero attached hydrogens (tertiary/aromatic N) is 3. The van der Waals surface area contributed by atoms with Crippen LogP contribution in [0.3, 0.4) is 0 Å². The van der Waals surface area contributed by atoms with Crippen molar-refractivity contribution < 1.29 is 9.13 Å². The van der Waals surface area contributed by atoms with Crippen molar-refractivity contribution in [3.63, 3.8) is 0 Å². The summed E-state index contributed by atoms with van der Waals surface area (Å²) in [6, 6.07) is 0.118. The van der Waals surface area contributed by atoms with Crippen molar-refractivity contribution in [2.45, 2.75) is 50.8 Å². The summed E-state index contributed by atoms with van der Waals surface area (Å²) in [4.78, 5) is 10.8. The molecule has 1 N–H and O–H groups in total. The highest BCUT2D eigenvalue weighted by Crippen LogP contribution is 2.31. The molecule has 1 aromatic heterocycles. The van der Waals surface area contributed by atoms with Crippen LogP contribution < -0.4 is 5.32 Å². The van der Waals surface area contributed by atoms with Crippen molar-refractivity contribution in [2.24, 2.45) is 7.05 Å². The maximum Gasteiger partial charge on any atom is 0.333 e. The largest absolute Gasteiger partial charge is 0.362 e. The van der Waals surface area contributed by atoms with E-state index in [1.165, 1.54) is 4.68 Å². The lowest BCUT2D eigenvalue weighted by molar-refractivity contribution is -0.384. The fraction of sp³-hybridized carbons (Fsp3) is 0.769. The van der Waals surface area contributed by atoms with Crippen LogP contribution in [0, 0.1) is 17.0 Å². The molecule has 3 atom stereocenters. The van der Waals surface area contributed by atoms with Crippen LogP contribution >= 0.6 is 0 Å². The Bertz CT molecular complexity index is 558. The number of nitrogens with one attached hydrogen (secondary N) is 1. The Morgan fingerprint density at radius 2 is 2.24 bits per heavy atom. The van der Waals surface area contributed by atoms with Gasteiger partial charge in [0.15, 0.2) is 0 Å². The van der Waals surface area contributed by atoms with E-state index in [-0.39, 0.29) is 17.0 Å². The summed E-state index contributed by atoms with van der Waals surface area (Å²) in [5.74, 6) is 1.12. The molecular weight excluding hydrogens is 292 g/mol. The summed E-state index contributed by atoms with van der Waals surface area (Å²) >= 11 is 0. The van der Waals surface area contributed by atoms with Gasteiger partial charge >= 0.3 is 5.69 Å². The van der Waals surface area contributed by atoms with E-state index in [4.69, 9.17) is 0 Å². The zero-order valence-corrected chi connectivity index (χ0v) is 13.5. The first-order valence-corrected chi connectivity index (χ1v) is 8.64. The normalized spacial score (nSPS) is 23.8. The quantitative estimate of drug-likeness (QED) is 0.664. The number of aryl methyl sites for hydroxylation is 2. The van der Waals surface area contributed by atoms with E-state index in [0.29, 0.717) is 17.3 Å². The molecule has 1 aromatic rings. The number of hydrogen-bond acceptors (Lipinski definition) is 5. The molecule has 1 aliphatic rings. The third-order valence-corrected chi connectivity index (χ3v) is 5.74. The molecule has 1 heterocycles. The Morgan fingerprint density at radius 1 is 1.52 bits per heavy atom. The minimum absolute atomic E-state index is 0.0382. The average molecular weight is 314 g/mol. The van der Waals surface area contributed by atoms with Crippen LogP contribution in [0.25, 0.3) is 0 Å². The van der Waals surface area contributed by atoms with Gasteiger partial charge < -0.3 is 5.32 Å². The second-order valence-electron chi connectivity index (χ2n) is 5.46. The molecule has 8 heteroatoms. The molecule has 21 heavy (non-hydrogen) atoms. The van der Waals surface area contributed by atoms with E-state index in [0.717, 1.165) is 25.7 Å². The zero-order valence-electron chi connectivity index (χ0n) is 12.7. The van der Waals surface area contributed by atoms with Crippen molar-refractivity contribution in [1.29, 1.82) is 0 Å². The maximum absolute atomic E-state index is 12.0. The van der Waals surface area contributed by atoms with Gasteiger partial charge in [-0.05, 0) is 26.2 Å². The third kappa shape index (κ3) is 3.42. The van der Waals surface area contributed by atoms with Crippen LogP contribution in [0.4, 0.5) is 11.5 Å². The molecule has 0 saturated heterocycles. The van der Waals surface area contributed by atoms with Gasteiger partial charge in [-0.3, -0.25) is 14.3 Å². The summed E-state index contributed by atoms with van der Waals surface area (Å²) < 4.78 is 13.5. The van der Waals surface area contributed by atoms with Crippen molar-refractivity contribution in [3.8, 4) is 0 Å². The Hall–Kier alpha value is -1.44. The number of rotatable bonds is 5. The van der Waals surface area contributed by atoms with Gasteiger partial charge in [-0.2, -0.15) is 5.10 Å². The zero-order chi connectivity index (χ0) is 15.6. The van der Waals surface area contributed by atoms with Crippen molar-refractivity contribution in [1.82, 2.24) is 9.78 Å². The summed E-state index contributed by atoms with van der Waals surface area (Å²) in [6.07, 6.45) is 3.71. The lowest BCUT2D eigenvalue weighted by Crippen LogP contribution is -2.33. The van der Waals surface area contributed by atoms with Crippen molar-refractivity contribution in [3.05, 3.63) is 15.8 Å². The number of hydrogen-bond donors (Lipinski definition) is 1. The Kier molecular flexibility index (Phi) is 4.97. The summed E-state index contributed by atoms with van der Waals surface area (Å²) in [6.45, 7) is 3.57. The van der Waals surface area contributed by atoms with Crippen molar-refractivity contribution >= 4 is 22.3 Å². The van der Waals surface area contributed by atoms with Gasteiger partial charge in [-0.25, -0.2) is 4.68 Å². The first kappa shape index (κ1) is 15.9. The Balaban J connectivity index is 2.15. The van der Waals surface area contributed by atoms with Gasteiger partial charge in [0, 0.05) is 34.9 Å². The lowest BCUT2D eigenvalue weighted by atomic mass is 9.95. The average Bonchev–Trinajstić information content (AvgIpc) is 2.72. The third-order valence-electron chi connectivity index (χ3n) is 4.00. The second-order valence-corrected chi connectivity index (χ2v) is 7.47.